The van der Waals surface area contributed by atoms with Gasteiger partial charge in [0.25, 0.3) is 0 Å². The van der Waals surface area contributed by atoms with Crippen molar-refractivity contribution in [2.45, 2.75) is 26.7 Å². The zero-order valence-corrected chi connectivity index (χ0v) is 7.46. The molecule has 0 aromatic rings. The second-order valence-corrected chi connectivity index (χ2v) is 2.49. The molecule has 0 aliphatic carbocycles. The first kappa shape index (κ1) is 8.78. The minimum Gasteiger partial charge on any atom is -0.0904 e. The summed E-state index contributed by atoms with van der Waals surface area (Å²) >= 11 is 3.03. The Labute approximate surface area is 65.5 Å². The van der Waals surface area contributed by atoms with Gasteiger partial charge < -0.3 is 0 Å². The summed E-state index contributed by atoms with van der Waals surface area (Å²) in [5.74, 6) is 2.93. The lowest BCUT2D eigenvalue weighted by Crippen LogP contribution is -1.66. The zero-order chi connectivity index (χ0) is 7.11. The van der Waals surface area contributed by atoms with Crippen LogP contribution in [-0.4, -0.2) is 0 Å². The van der Waals surface area contributed by atoms with E-state index in [2.05, 4.69) is 46.6 Å². The van der Waals surface area contributed by atoms with Gasteiger partial charge >= 0.3 is 0 Å². The second kappa shape index (κ2) is 5.91. The minimum absolute atomic E-state index is 0.955. The van der Waals surface area contributed by atoms with Crippen LogP contribution in [0.2, 0.25) is 0 Å². The van der Waals surface area contributed by atoms with Crippen LogP contribution in [0.5, 0.6) is 0 Å². The first-order valence-corrected chi connectivity index (χ1v) is 3.78. The summed E-state index contributed by atoms with van der Waals surface area (Å²) in [5, 5.41) is 0. The fourth-order valence-corrected chi connectivity index (χ4v) is 0.679. The molecule has 0 aromatic heterocycles. The molecule has 0 radical (unpaired) electrons. The average molecular weight is 187 g/mol. The quantitative estimate of drug-likeness (QED) is 0.354. The topological polar surface area (TPSA) is 0 Å². The van der Waals surface area contributed by atoms with E-state index in [1.165, 1.54) is 5.57 Å². The van der Waals surface area contributed by atoms with Crippen LogP contribution in [0.3, 0.4) is 0 Å². The molecule has 1 heteroatoms. The molecule has 0 rings (SSSR count). The average Bonchev–Trinajstić information content (AvgIpc) is 1.80. The fourth-order valence-electron chi connectivity index (χ4n) is 0.480. The van der Waals surface area contributed by atoms with Crippen molar-refractivity contribution in [1.82, 2.24) is 0 Å². The molecule has 0 nitrogen and oxygen atoms in total. The van der Waals surface area contributed by atoms with Gasteiger partial charge in [-0.2, -0.15) is 0 Å². The Morgan fingerprint density at radius 3 is 2.67 bits per heavy atom. The van der Waals surface area contributed by atoms with E-state index in [-0.39, 0.29) is 0 Å². The third-order valence-corrected chi connectivity index (χ3v) is 1.17. The van der Waals surface area contributed by atoms with Crippen molar-refractivity contribution in [3.63, 3.8) is 0 Å². The van der Waals surface area contributed by atoms with Crippen LogP contribution in [0.4, 0.5) is 0 Å². The van der Waals surface area contributed by atoms with Crippen LogP contribution in [0, 0.1) is 10.8 Å². The van der Waals surface area contributed by atoms with Crippen molar-refractivity contribution in [2.24, 2.45) is 0 Å². The van der Waals surface area contributed by atoms with Crippen molar-refractivity contribution < 1.29 is 0 Å². The molecule has 0 aromatic carbocycles. The first-order valence-electron chi connectivity index (χ1n) is 2.99. The highest BCUT2D eigenvalue weighted by Gasteiger charge is 1.76. The Morgan fingerprint density at radius 1 is 1.56 bits per heavy atom. The molecule has 0 bridgehead atoms. The fraction of sp³-hybridized carbons (Fsp3) is 0.500. The third kappa shape index (κ3) is 7.78. The highest BCUT2D eigenvalue weighted by Crippen LogP contribution is 1.95. The normalized spacial score (nSPS) is 7.44. The molecule has 0 N–H and O–H groups in total. The molecule has 0 heterocycles. The van der Waals surface area contributed by atoms with Gasteiger partial charge in [-0.05, 0) is 25.1 Å². The number of unbranched alkanes of at least 4 members (excludes halogenated alkanes) is 1. The van der Waals surface area contributed by atoms with Crippen molar-refractivity contribution in [2.75, 3.05) is 0 Å². The minimum atomic E-state index is 0.955. The number of allylic oxidation sites excluding steroid dienone is 2. The van der Waals surface area contributed by atoms with Gasteiger partial charge in [-0.25, -0.2) is 0 Å². The standard InChI is InChI=1S/C8H11Br/c1-8(2)6-4-3-5-7-9/h6H,3-4H2,1-2H3. The first-order chi connectivity index (χ1) is 4.27. The van der Waals surface area contributed by atoms with Crippen LogP contribution < -0.4 is 0 Å². The Kier molecular flexibility index (Phi) is 5.76. The van der Waals surface area contributed by atoms with E-state index in [1.54, 1.807) is 0 Å². The highest BCUT2D eigenvalue weighted by molar-refractivity contribution is 9.12. The van der Waals surface area contributed by atoms with Crippen molar-refractivity contribution >= 4 is 15.9 Å². The highest BCUT2D eigenvalue weighted by atomic mass is 79.9. The van der Waals surface area contributed by atoms with E-state index in [9.17, 15) is 0 Å². The maximum Gasteiger partial charge on any atom is 0.0132 e. The number of hydrogen-bond donors (Lipinski definition) is 0. The van der Waals surface area contributed by atoms with Gasteiger partial charge in [0, 0.05) is 22.4 Å². The molecule has 0 atom stereocenters. The number of halogens is 1. The summed E-state index contributed by atoms with van der Waals surface area (Å²) in [5.41, 5.74) is 1.37. The van der Waals surface area contributed by atoms with Gasteiger partial charge in [0.15, 0.2) is 0 Å². The zero-order valence-electron chi connectivity index (χ0n) is 5.87. The Hall–Kier alpha value is -0.220. The van der Waals surface area contributed by atoms with Crippen LogP contribution >= 0.6 is 15.9 Å². The van der Waals surface area contributed by atoms with Crippen LogP contribution in [0.25, 0.3) is 0 Å². The molecule has 0 saturated heterocycles. The lowest BCUT2D eigenvalue weighted by atomic mass is 10.2. The van der Waals surface area contributed by atoms with E-state index in [0.717, 1.165) is 12.8 Å². The van der Waals surface area contributed by atoms with E-state index in [4.69, 9.17) is 0 Å². The van der Waals surface area contributed by atoms with E-state index in [0.29, 0.717) is 0 Å². The number of hydrogen-bond acceptors (Lipinski definition) is 0. The molecule has 0 aliphatic heterocycles. The SMILES string of the molecule is CC(C)=CCCC#CBr. The Balaban J connectivity index is 3.27. The molecule has 50 valence electrons. The van der Waals surface area contributed by atoms with Gasteiger partial charge in [-0.15, -0.1) is 0 Å². The van der Waals surface area contributed by atoms with Crippen LogP contribution in [-0.2, 0) is 0 Å². The van der Waals surface area contributed by atoms with Gasteiger partial charge in [0.1, 0.15) is 0 Å². The lowest BCUT2D eigenvalue weighted by molar-refractivity contribution is 1.06. The summed E-state index contributed by atoms with van der Waals surface area (Å²) in [6, 6.07) is 0. The summed E-state index contributed by atoms with van der Waals surface area (Å²) in [6.45, 7) is 4.20. The molecular formula is C8H11Br. The lowest BCUT2D eigenvalue weighted by Gasteiger charge is -1.85. The summed E-state index contributed by atoms with van der Waals surface area (Å²) in [6.07, 6.45) is 4.22. The molecule has 9 heavy (non-hydrogen) atoms. The van der Waals surface area contributed by atoms with Crippen molar-refractivity contribution in [1.29, 1.82) is 0 Å². The number of rotatable bonds is 2. The van der Waals surface area contributed by atoms with Gasteiger partial charge in [0.05, 0.1) is 0 Å². The van der Waals surface area contributed by atoms with E-state index in [1.807, 2.05) is 0 Å². The second-order valence-electron chi connectivity index (χ2n) is 2.09. The predicted octanol–water partition coefficient (Wildman–Crippen LogP) is 3.09. The predicted molar refractivity (Wildman–Crippen MR) is 45.4 cm³/mol. The van der Waals surface area contributed by atoms with Crippen molar-refractivity contribution in [3.8, 4) is 10.8 Å². The summed E-state index contributed by atoms with van der Waals surface area (Å²) in [4.78, 5) is 2.67. The van der Waals surface area contributed by atoms with E-state index >= 15 is 0 Å². The molecule has 0 unspecified atom stereocenters. The van der Waals surface area contributed by atoms with Crippen molar-refractivity contribution in [3.05, 3.63) is 11.6 Å². The van der Waals surface area contributed by atoms with E-state index < -0.39 is 0 Å². The molecule has 0 amide bonds. The molecular weight excluding hydrogens is 176 g/mol. The Morgan fingerprint density at radius 2 is 2.22 bits per heavy atom. The molecule has 0 aliphatic rings. The van der Waals surface area contributed by atoms with Crippen LogP contribution in [0.15, 0.2) is 11.6 Å². The van der Waals surface area contributed by atoms with Gasteiger partial charge in [-0.3, -0.25) is 0 Å². The largest absolute Gasteiger partial charge is 0.0904 e. The molecule has 0 fully saturated rings. The van der Waals surface area contributed by atoms with Crippen LogP contribution in [0.1, 0.15) is 26.7 Å². The monoisotopic (exact) mass is 186 g/mol. The maximum atomic E-state index is 3.03. The summed E-state index contributed by atoms with van der Waals surface area (Å²) < 4.78 is 0. The molecule has 0 saturated carbocycles. The maximum absolute atomic E-state index is 3.03. The third-order valence-electron chi connectivity index (χ3n) is 0.889. The molecule has 0 spiro atoms. The van der Waals surface area contributed by atoms with Gasteiger partial charge in [-0.1, -0.05) is 17.6 Å². The summed E-state index contributed by atoms with van der Waals surface area (Å²) in [7, 11) is 0. The van der Waals surface area contributed by atoms with Gasteiger partial charge in [0.2, 0.25) is 0 Å². The Bertz CT molecular complexity index is 142. The smallest absolute Gasteiger partial charge is 0.0132 e.